The number of likely N-dealkylation sites (N-methyl/N-ethyl adjacent to an activating group) is 1. The van der Waals surface area contributed by atoms with E-state index in [0.29, 0.717) is 35.1 Å². The van der Waals surface area contributed by atoms with Crippen LogP contribution < -0.4 is 5.73 Å². The third-order valence-corrected chi connectivity index (χ3v) is 6.81. The number of pyridine rings is 1. The molecule has 31 heavy (non-hydrogen) atoms. The number of ether oxygens (including phenoxy) is 1. The van der Waals surface area contributed by atoms with Crippen LogP contribution in [0.2, 0.25) is 0 Å². The van der Waals surface area contributed by atoms with E-state index in [1.807, 2.05) is 24.6 Å². The maximum atomic E-state index is 13.3. The molecule has 170 valence electrons. The van der Waals surface area contributed by atoms with Crippen molar-refractivity contribution in [1.29, 1.82) is 0 Å². The monoisotopic (exact) mass is 437 g/mol. The maximum Gasteiger partial charge on any atom is 0.419 e. The molecule has 2 aliphatic rings. The molecule has 2 aliphatic carbocycles. The summed E-state index contributed by atoms with van der Waals surface area (Å²) in [5.74, 6) is 1.11. The molecule has 9 heteroatoms. The first-order valence-electron chi connectivity index (χ1n) is 10.7. The largest absolute Gasteiger partial charge is 0.419 e. The van der Waals surface area contributed by atoms with Gasteiger partial charge in [0.15, 0.2) is 0 Å². The smallest absolute Gasteiger partial charge is 0.383 e. The topological polar surface area (TPSA) is 69.2 Å². The molecule has 0 amide bonds. The highest BCUT2D eigenvalue weighted by Crippen LogP contribution is 2.64. The zero-order valence-electron chi connectivity index (χ0n) is 18.4. The molecule has 0 bridgehead atoms. The van der Waals surface area contributed by atoms with Gasteiger partial charge in [0.1, 0.15) is 5.82 Å². The predicted molar refractivity (Wildman–Crippen MR) is 113 cm³/mol. The van der Waals surface area contributed by atoms with Crippen LogP contribution in [-0.2, 0) is 10.9 Å². The zero-order valence-corrected chi connectivity index (χ0v) is 18.4. The van der Waals surface area contributed by atoms with E-state index in [1.165, 1.54) is 6.20 Å². The van der Waals surface area contributed by atoms with Crippen molar-refractivity contribution in [3.05, 3.63) is 29.6 Å². The van der Waals surface area contributed by atoms with E-state index in [1.54, 1.807) is 7.11 Å². The van der Waals surface area contributed by atoms with E-state index in [4.69, 9.17) is 10.5 Å². The molecule has 0 aliphatic heterocycles. The lowest BCUT2D eigenvalue weighted by Gasteiger charge is -2.26. The fourth-order valence-electron chi connectivity index (χ4n) is 5.08. The lowest BCUT2D eigenvalue weighted by molar-refractivity contribution is -0.137. The van der Waals surface area contributed by atoms with Crippen molar-refractivity contribution in [3.8, 4) is 11.3 Å². The minimum atomic E-state index is -4.55. The van der Waals surface area contributed by atoms with Crippen molar-refractivity contribution in [2.45, 2.75) is 50.9 Å². The molecule has 2 heterocycles. The standard InChI is InChI=1S/C22H30F3N5O/c1-12(2)30-19(20-15-8-14(9-16(15)20)29(3)5-6-31-4)10-18(28-30)13-7-17(22(23,24)25)21(26)27-11-13/h7,10-12,14-16,20H,5-6,8-9H2,1-4H3,(H2,26,27)/t14?,15-,16+,20?. The molecule has 2 saturated carbocycles. The van der Waals surface area contributed by atoms with Gasteiger partial charge < -0.3 is 15.4 Å². The average Bonchev–Trinajstić information content (AvgIpc) is 3.07. The summed E-state index contributed by atoms with van der Waals surface area (Å²) in [4.78, 5) is 6.14. The van der Waals surface area contributed by atoms with Crippen molar-refractivity contribution in [3.63, 3.8) is 0 Å². The highest BCUT2D eigenvalue weighted by Gasteiger charge is 2.58. The Morgan fingerprint density at radius 2 is 1.94 bits per heavy atom. The number of fused-ring (bicyclic) bond motifs is 1. The number of hydrogen-bond donors (Lipinski definition) is 1. The Kier molecular flexibility index (Phi) is 5.76. The number of anilines is 1. The molecule has 4 rings (SSSR count). The van der Waals surface area contributed by atoms with Gasteiger partial charge in [-0.25, -0.2) is 4.98 Å². The minimum Gasteiger partial charge on any atom is -0.383 e. The zero-order chi connectivity index (χ0) is 22.5. The first-order valence-corrected chi connectivity index (χ1v) is 10.7. The van der Waals surface area contributed by atoms with Crippen LogP contribution in [0.15, 0.2) is 18.3 Å². The second-order valence-electron chi connectivity index (χ2n) is 9.10. The van der Waals surface area contributed by atoms with Crippen molar-refractivity contribution in [2.75, 3.05) is 33.0 Å². The summed E-state index contributed by atoms with van der Waals surface area (Å²) >= 11 is 0. The molecule has 2 fully saturated rings. The quantitative estimate of drug-likeness (QED) is 0.703. The Bertz CT molecular complexity index is 930. The molecule has 2 N–H and O–H groups in total. The second-order valence-corrected chi connectivity index (χ2v) is 9.10. The van der Waals surface area contributed by atoms with E-state index >= 15 is 0 Å². The van der Waals surface area contributed by atoms with Crippen LogP contribution in [0.5, 0.6) is 0 Å². The maximum absolute atomic E-state index is 13.3. The summed E-state index contributed by atoms with van der Waals surface area (Å²) in [7, 11) is 3.86. The molecule has 4 atom stereocenters. The first-order chi connectivity index (χ1) is 14.6. The van der Waals surface area contributed by atoms with Gasteiger partial charge in [-0.3, -0.25) is 4.68 Å². The van der Waals surface area contributed by atoms with E-state index < -0.39 is 17.6 Å². The first kappa shape index (κ1) is 22.1. The lowest BCUT2D eigenvalue weighted by Crippen LogP contribution is -2.33. The lowest BCUT2D eigenvalue weighted by atomic mass is 10.0. The summed E-state index contributed by atoms with van der Waals surface area (Å²) in [6, 6.07) is 3.68. The third-order valence-electron chi connectivity index (χ3n) is 6.81. The van der Waals surface area contributed by atoms with Crippen LogP contribution in [0.25, 0.3) is 11.3 Å². The normalized spacial score (nSPS) is 25.5. The Morgan fingerprint density at radius 1 is 1.26 bits per heavy atom. The summed E-state index contributed by atoms with van der Waals surface area (Å²) in [6.07, 6.45) is -0.907. The average molecular weight is 438 g/mol. The van der Waals surface area contributed by atoms with Crippen molar-refractivity contribution in [1.82, 2.24) is 19.7 Å². The fourth-order valence-corrected chi connectivity index (χ4v) is 5.08. The summed E-state index contributed by atoms with van der Waals surface area (Å²) in [5.41, 5.74) is 6.50. The van der Waals surface area contributed by atoms with Crippen LogP contribution >= 0.6 is 0 Å². The Balaban J connectivity index is 1.56. The van der Waals surface area contributed by atoms with Gasteiger partial charge in [-0.05, 0) is 57.7 Å². The molecule has 0 aromatic carbocycles. The third kappa shape index (κ3) is 4.17. The fraction of sp³-hybridized carbons (Fsp3) is 0.636. The van der Waals surface area contributed by atoms with Gasteiger partial charge in [0.25, 0.3) is 0 Å². The molecule has 2 aromatic heterocycles. The number of nitrogens with zero attached hydrogens (tertiary/aromatic N) is 4. The Hall–Kier alpha value is -2.13. The van der Waals surface area contributed by atoms with Crippen molar-refractivity contribution < 1.29 is 17.9 Å². The Labute approximate surface area is 180 Å². The minimum absolute atomic E-state index is 0.120. The highest BCUT2D eigenvalue weighted by atomic mass is 19.4. The number of aromatic nitrogens is 3. The van der Waals surface area contributed by atoms with E-state index in [2.05, 4.69) is 22.0 Å². The van der Waals surface area contributed by atoms with Gasteiger partial charge >= 0.3 is 6.18 Å². The molecule has 0 saturated heterocycles. The number of halogens is 3. The van der Waals surface area contributed by atoms with Crippen LogP contribution in [-0.4, -0.2) is 53.0 Å². The molecule has 0 radical (unpaired) electrons. The number of hydrogen-bond acceptors (Lipinski definition) is 5. The number of alkyl halides is 3. The van der Waals surface area contributed by atoms with Crippen LogP contribution in [0.3, 0.4) is 0 Å². The van der Waals surface area contributed by atoms with E-state index in [9.17, 15) is 13.2 Å². The van der Waals surface area contributed by atoms with Gasteiger partial charge in [0, 0.05) is 49.1 Å². The highest BCUT2D eigenvalue weighted by molar-refractivity contribution is 5.63. The second kappa shape index (κ2) is 8.09. The number of nitrogens with two attached hydrogens (primary N) is 1. The van der Waals surface area contributed by atoms with Gasteiger partial charge in [0.05, 0.1) is 17.9 Å². The Morgan fingerprint density at radius 3 is 2.52 bits per heavy atom. The van der Waals surface area contributed by atoms with Crippen molar-refractivity contribution in [2.24, 2.45) is 11.8 Å². The molecule has 6 nitrogen and oxygen atoms in total. The van der Waals surface area contributed by atoms with Gasteiger partial charge in [-0.1, -0.05) is 0 Å². The molecule has 2 aromatic rings. The van der Waals surface area contributed by atoms with Gasteiger partial charge in [-0.2, -0.15) is 18.3 Å². The predicted octanol–water partition coefficient (Wildman–Crippen LogP) is 4.20. The van der Waals surface area contributed by atoms with Gasteiger partial charge in [-0.15, -0.1) is 0 Å². The number of rotatable bonds is 7. The summed E-state index contributed by atoms with van der Waals surface area (Å²) in [5, 5.41) is 4.66. The van der Waals surface area contributed by atoms with E-state index in [0.717, 1.165) is 37.8 Å². The van der Waals surface area contributed by atoms with Crippen LogP contribution in [0.1, 0.15) is 49.9 Å². The summed E-state index contributed by atoms with van der Waals surface area (Å²) < 4.78 is 47.0. The van der Waals surface area contributed by atoms with Crippen molar-refractivity contribution >= 4 is 5.82 Å². The SMILES string of the molecule is COCCN(C)C1C[C@@H]2C(c3cc(-c4cnc(N)c(C(F)(F)F)c4)nn3C(C)C)[C@@H]2C1. The molecular formula is C22H30F3N5O. The van der Waals surface area contributed by atoms with Crippen LogP contribution in [0, 0.1) is 11.8 Å². The van der Waals surface area contributed by atoms with E-state index in [-0.39, 0.29) is 6.04 Å². The van der Waals surface area contributed by atoms with Gasteiger partial charge in [0.2, 0.25) is 0 Å². The molecule has 0 spiro atoms. The van der Waals surface area contributed by atoms with Crippen LogP contribution in [0.4, 0.5) is 19.0 Å². The number of methoxy groups -OCH3 is 1. The molecule has 2 unspecified atom stereocenters. The molecular weight excluding hydrogens is 407 g/mol. The summed E-state index contributed by atoms with van der Waals surface area (Å²) in [6.45, 7) is 5.74. The number of nitrogen functional groups attached to an aromatic ring is 1.